The Kier molecular flexibility index (Phi) is 4.39. The van der Waals surface area contributed by atoms with Crippen molar-refractivity contribution in [1.29, 1.82) is 0 Å². The van der Waals surface area contributed by atoms with Crippen LogP contribution in [-0.4, -0.2) is 54.1 Å². The molecule has 0 aliphatic heterocycles. The van der Waals surface area contributed by atoms with Crippen molar-refractivity contribution in [3.63, 3.8) is 0 Å². The van der Waals surface area contributed by atoms with Crippen LogP contribution in [0.15, 0.2) is 18.2 Å². The second-order valence-corrected chi connectivity index (χ2v) is 4.31. The van der Waals surface area contributed by atoms with E-state index < -0.39 is 52.9 Å². The van der Waals surface area contributed by atoms with Crippen LogP contribution in [0.4, 0.5) is 0 Å². The summed E-state index contributed by atoms with van der Waals surface area (Å²) in [6, 6.07) is 2.64. The van der Waals surface area contributed by atoms with Crippen LogP contribution < -0.4 is 0 Å². The lowest BCUT2D eigenvalue weighted by molar-refractivity contribution is -0.173. The number of rotatable bonds is 6. The maximum Gasteiger partial charge on any atom is 0.337 e. The average molecular weight is 300 g/mol. The zero-order chi connectivity index (χ0) is 16.4. The molecule has 0 radical (unpaired) electrons. The molecule has 0 aliphatic rings. The van der Waals surface area contributed by atoms with E-state index in [1.807, 2.05) is 0 Å². The minimum absolute atomic E-state index is 0.489. The van der Waals surface area contributed by atoms with E-state index in [0.717, 1.165) is 18.2 Å². The van der Waals surface area contributed by atoms with Gasteiger partial charge in [0, 0.05) is 5.56 Å². The number of carbonyl (C=O) groups is 3. The molecule has 1 aromatic carbocycles. The standard InChI is InChI=1S/C12H12O9/c13-5-1-2-7(14)6(3-5)9(10(17)18)12(21,11(19)20)4-8(15)16/h1-3,9,13-14,21H,4H2,(H,15,16)(H,17,18)(H,19,20). The van der Waals surface area contributed by atoms with E-state index in [1.165, 1.54) is 0 Å². The highest BCUT2D eigenvalue weighted by Gasteiger charge is 2.51. The number of benzene rings is 1. The first-order valence-corrected chi connectivity index (χ1v) is 5.52. The molecule has 0 fully saturated rings. The van der Waals surface area contributed by atoms with Gasteiger partial charge in [-0.3, -0.25) is 9.59 Å². The predicted octanol–water partition coefficient (Wildman–Crippen LogP) is -0.444. The molecular weight excluding hydrogens is 288 g/mol. The van der Waals surface area contributed by atoms with Crippen LogP contribution in [0, 0.1) is 0 Å². The first-order chi connectivity index (χ1) is 9.59. The second kappa shape index (κ2) is 5.67. The van der Waals surface area contributed by atoms with Crippen LogP contribution in [0.2, 0.25) is 0 Å². The third-order valence-electron chi connectivity index (χ3n) is 2.84. The molecule has 9 nitrogen and oxygen atoms in total. The van der Waals surface area contributed by atoms with Gasteiger partial charge in [0.1, 0.15) is 17.4 Å². The van der Waals surface area contributed by atoms with Crippen molar-refractivity contribution in [1.82, 2.24) is 0 Å². The number of aliphatic hydroxyl groups is 1. The topological polar surface area (TPSA) is 173 Å². The van der Waals surface area contributed by atoms with Crippen LogP contribution in [0.5, 0.6) is 11.5 Å². The lowest BCUT2D eigenvalue weighted by Gasteiger charge is -2.29. The van der Waals surface area contributed by atoms with Gasteiger partial charge < -0.3 is 30.6 Å². The highest BCUT2D eigenvalue weighted by Crippen LogP contribution is 2.38. The molecule has 6 N–H and O–H groups in total. The Morgan fingerprint density at radius 2 is 1.67 bits per heavy atom. The van der Waals surface area contributed by atoms with Gasteiger partial charge in [-0.1, -0.05) is 0 Å². The summed E-state index contributed by atoms with van der Waals surface area (Å²) in [6.07, 6.45) is -1.41. The molecule has 2 unspecified atom stereocenters. The lowest BCUT2D eigenvalue weighted by atomic mass is 9.79. The average Bonchev–Trinajstić information content (AvgIpc) is 2.32. The summed E-state index contributed by atoms with van der Waals surface area (Å²) in [5.41, 5.74) is -3.82. The number of aliphatic carboxylic acids is 3. The zero-order valence-electron chi connectivity index (χ0n) is 10.4. The Bertz CT molecular complexity index is 594. The highest BCUT2D eigenvalue weighted by molar-refractivity contribution is 5.93. The third-order valence-corrected chi connectivity index (χ3v) is 2.84. The SMILES string of the molecule is O=C(O)CC(O)(C(=O)O)C(C(=O)O)c1cc(O)ccc1O. The number of hydrogen-bond donors (Lipinski definition) is 6. The van der Waals surface area contributed by atoms with Crippen molar-refractivity contribution in [3.8, 4) is 11.5 Å². The Labute approximate surface area is 117 Å². The summed E-state index contributed by atoms with van der Waals surface area (Å²) in [4.78, 5) is 33.1. The van der Waals surface area contributed by atoms with Crippen molar-refractivity contribution in [2.45, 2.75) is 17.9 Å². The van der Waals surface area contributed by atoms with Gasteiger partial charge >= 0.3 is 17.9 Å². The predicted molar refractivity (Wildman–Crippen MR) is 65.0 cm³/mol. The van der Waals surface area contributed by atoms with Gasteiger partial charge in [0.05, 0.1) is 6.42 Å². The number of carboxylic acid groups (broad SMARTS) is 3. The zero-order valence-corrected chi connectivity index (χ0v) is 10.4. The molecule has 1 aromatic rings. The Morgan fingerprint density at radius 1 is 1.10 bits per heavy atom. The van der Waals surface area contributed by atoms with Gasteiger partial charge in [0.25, 0.3) is 0 Å². The number of phenols is 2. The molecule has 0 amide bonds. The summed E-state index contributed by atoms with van der Waals surface area (Å²) < 4.78 is 0. The number of phenolic OH excluding ortho intramolecular Hbond substituents is 2. The molecule has 0 heterocycles. The summed E-state index contributed by atoms with van der Waals surface area (Å²) in [7, 11) is 0. The largest absolute Gasteiger partial charge is 0.508 e. The molecule has 114 valence electrons. The van der Waals surface area contributed by atoms with Crippen LogP contribution in [-0.2, 0) is 14.4 Å². The first kappa shape index (κ1) is 16.2. The van der Waals surface area contributed by atoms with E-state index >= 15 is 0 Å². The molecule has 2 atom stereocenters. The maximum atomic E-state index is 11.3. The van der Waals surface area contributed by atoms with Crippen molar-refractivity contribution in [3.05, 3.63) is 23.8 Å². The van der Waals surface area contributed by atoms with Crippen LogP contribution in [0.1, 0.15) is 17.9 Å². The minimum Gasteiger partial charge on any atom is -0.508 e. The normalized spacial score (nSPS) is 14.9. The molecule has 0 aromatic heterocycles. The van der Waals surface area contributed by atoms with Crippen LogP contribution >= 0.6 is 0 Å². The van der Waals surface area contributed by atoms with E-state index in [2.05, 4.69) is 0 Å². The van der Waals surface area contributed by atoms with E-state index in [9.17, 15) is 29.7 Å². The summed E-state index contributed by atoms with van der Waals surface area (Å²) in [5, 5.41) is 55.7. The van der Waals surface area contributed by atoms with E-state index in [-0.39, 0.29) is 0 Å². The Morgan fingerprint density at radius 3 is 2.10 bits per heavy atom. The van der Waals surface area contributed by atoms with Crippen LogP contribution in [0.25, 0.3) is 0 Å². The molecular formula is C12H12O9. The van der Waals surface area contributed by atoms with Crippen LogP contribution in [0.3, 0.4) is 0 Å². The molecule has 0 saturated heterocycles. The van der Waals surface area contributed by atoms with Gasteiger partial charge in [-0.15, -0.1) is 0 Å². The monoisotopic (exact) mass is 300 g/mol. The van der Waals surface area contributed by atoms with Gasteiger partial charge in [-0.2, -0.15) is 0 Å². The van der Waals surface area contributed by atoms with E-state index in [0.29, 0.717) is 0 Å². The van der Waals surface area contributed by atoms with Crippen molar-refractivity contribution < 1.29 is 45.0 Å². The molecule has 0 aliphatic carbocycles. The van der Waals surface area contributed by atoms with E-state index in [4.69, 9.17) is 15.3 Å². The van der Waals surface area contributed by atoms with Gasteiger partial charge in [-0.25, -0.2) is 4.79 Å². The summed E-state index contributed by atoms with van der Waals surface area (Å²) in [5.74, 6) is -9.19. The fourth-order valence-corrected chi connectivity index (χ4v) is 1.90. The molecule has 9 heteroatoms. The number of carboxylic acids is 3. The molecule has 0 bridgehead atoms. The summed E-state index contributed by atoms with van der Waals surface area (Å²) >= 11 is 0. The van der Waals surface area contributed by atoms with E-state index in [1.54, 1.807) is 0 Å². The highest BCUT2D eigenvalue weighted by atomic mass is 16.4. The number of hydrogen-bond acceptors (Lipinski definition) is 6. The van der Waals surface area contributed by atoms with Crippen molar-refractivity contribution in [2.75, 3.05) is 0 Å². The van der Waals surface area contributed by atoms with Crippen molar-refractivity contribution >= 4 is 17.9 Å². The maximum absolute atomic E-state index is 11.3. The van der Waals surface area contributed by atoms with Gasteiger partial charge in [0.15, 0.2) is 5.60 Å². The second-order valence-electron chi connectivity index (χ2n) is 4.31. The molecule has 1 rings (SSSR count). The number of aromatic hydroxyl groups is 2. The smallest absolute Gasteiger partial charge is 0.337 e. The first-order valence-electron chi connectivity index (χ1n) is 5.52. The third kappa shape index (κ3) is 3.20. The Balaban J connectivity index is 3.52. The lowest BCUT2D eigenvalue weighted by Crippen LogP contribution is -2.49. The van der Waals surface area contributed by atoms with Gasteiger partial charge in [-0.05, 0) is 18.2 Å². The quantitative estimate of drug-likeness (QED) is 0.380. The molecule has 21 heavy (non-hydrogen) atoms. The van der Waals surface area contributed by atoms with Gasteiger partial charge in [0.2, 0.25) is 0 Å². The Hall–Kier alpha value is -2.81. The summed E-state index contributed by atoms with van der Waals surface area (Å²) in [6.45, 7) is 0. The molecule has 0 spiro atoms. The fraction of sp³-hybridized carbons (Fsp3) is 0.250. The van der Waals surface area contributed by atoms with Crippen molar-refractivity contribution in [2.24, 2.45) is 0 Å². The molecule has 0 saturated carbocycles. The minimum atomic E-state index is -3.21. The fourth-order valence-electron chi connectivity index (χ4n) is 1.90.